The van der Waals surface area contributed by atoms with Crippen LogP contribution in [0.2, 0.25) is 0 Å². The van der Waals surface area contributed by atoms with Gasteiger partial charge in [0.2, 0.25) is 5.91 Å². The van der Waals surface area contributed by atoms with Crippen LogP contribution in [0.5, 0.6) is 0 Å². The Kier molecular flexibility index (Phi) is 6.64. The van der Waals surface area contributed by atoms with Crippen molar-refractivity contribution in [1.82, 2.24) is 10.6 Å². The number of hydrogen-bond acceptors (Lipinski definition) is 5. The summed E-state index contributed by atoms with van der Waals surface area (Å²) in [7, 11) is 0. The van der Waals surface area contributed by atoms with Crippen molar-refractivity contribution in [3.05, 3.63) is 58.3 Å². The van der Waals surface area contributed by atoms with Crippen LogP contribution in [0.15, 0.2) is 56.2 Å². The number of amides is 2. The Morgan fingerprint density at radius 2 is 1.79 bits per heavy atom. The molecule has 2 aromatic carbocycles. The largest absolute Gasteiger partial charge is 0.451 e. The van der Waals surface area contributed by atoms with E-state index in [0.29, 0.717) is 18.7 Å². The maximum absolute atomic E-state index is 12.4. The molecule has 0 unspecified atom stereocenters. The molecule has 1 aromatic heterocycles. The lowest BCUT2D eigenvalue weighted by molar-refractivity contribution is -0.118. The molecule has 0 spiro atoms. The van der Waals surface area contributed by atoms with Gasteiger partial charge < -0.3 is 19.8 Å². The molecule has 0 saturated carbocycles. The van der Waals surface area contributed by atoms with Crippen molar-refractivity contribution < 1.29 is 14.0 Å². The smallest absolute Gasteiger partial charge is 0.287 e. The second kappa shape index (κ2) is 9.16. The van der Waals surface area contributed by atoms with Crippen LogP contribution in [-0.2, 0) is 4.79 Å². The molecule has 2 amide bonds. The van der Waals surface area contributed by atoms with Crippen molar-refractivity contribution in [2.45, 2.75) is 18.7 Å². The number of furan rings is 1. The number of carbonyl (C=O) groups is 2. The minimum Gasteiger partial charge on any atom is -0.451 e. The van der Waals surface area contributed by atoms with E-state index in [1.165, 1.54) is 18.9 Å². The van der Waals surface area contributed by atoms with E-state index in [9.17, 15) is 9.59 Å². The third kappa shape index (κ3) is 5.08. The highest BCUT2D eigenvalue weighted by atomic mass is 79.9. The number of fused-ring (bicyclic) bond motifs is 1. The van der Waals surface area contributed by atoms with E-state index >= 15 is 0 Å². The average molecular weight is 462 g/mol. The lowest BCUT2D eigenvalue weighted by atomic mass is 10.1. The van der Waals surface area contributed by atoms with Crippen molar-refractivity contribution in [3.8, 4) is 0 Å². The molecule has 0 radical (unpaired) electrons. The summed E-state index contributed by atoms with van der Waals surface area (Å²) >= 11 is 4.94. The van der Waals surface area contributed by atoms with Crippen LogP contribution in [-0.4, -0.2) is 24.9 Å². The lowest BCUT2D eigenvalue weighted by Crippen LogP contribution is -2.33. The van der Waals surface area contributed by atoms with Gasteiger partial charge in [0.1, 0.15) is 5.58 Å². The highest BCUT2D eigenvalue weighted by Crippen LogP contribution is 2.30. The number of aryl methyl sites for hydroxylation is 1. The van der Waals surface area contributed by atoms with Crippen molar-refractivity contribution in [1.29, 1.82) is 0 Å². The normalized spacial score (nSPS) is 10.7. The SMILES string of the molecule is CC(=O)NCCNC(=O)c1oc2ccc(NSc3ccc(Br)cc3)cc2c1C. The van der Waals surface area contributed by atoms with E-state index < -0.39 is 0 Å². The average Bonchev–Trinajstić information content (AvgIpc) is 3.01. The van der Waals surface area contributed by atoms with Gasteiger partial charge in [0.15, 0.2) is 5.76 Å². The fourth-order valence-electron chi connectivity index (χ4n) is 2.62. The number of nitrogens with one attached hydrogen (secondary N) is 3. The highest BCUT2D eigenvalue weighted by Gasteiger charge is 2.17. The minimum absolute atomic E-state index is 0.129. The summed E-state index contributed by atoms with van der Waals surface area (Å²) < 4.78 is 10.1. The van der Waals surface area contributed by atoms with Gasteiger partial charge in [0, 0.05) is 46.0 Å². The van der Waals surface area contributed by atoms with Crippen molar-refractivity contribution >= 4 is 56.3 Å². The fraction of sp³-hybridized carbons (Fsp3) is 0.200. The summed E-state index contributed by atoms with van der Waals surface area (Å²) in [5, 5.41) is 6.27. The van der Waals surface area contributed by atoms with Crippen molar-refractivity contribution in [2.24, 2.45) is 0 Å². The molecule has 0 aliphatic rings. The topological polar surface area (TPSA) is 83.4 Å². The predicted octanol–water partition coefficient (Wildman–Crippen LogP) is 4.49. The Morgan fingerprint density at radius 3 is 2.50 bits per heavy atom. The first-order valence-corrected chi connectivity index (χ1v) is 10.3. The second-order valence-electron chi connectivity index (χ2n) is 6.16. The molecular formula is C20H20BrN3O3S. The van der Waals surface area contributed by atoms with E-state index in [4.69, 9.17) is 4.42 Å². The van der Waals surface area contributed by atoms with Crippen LogP contribution >= 0.6 is 27.9 Å². The zero-order chi connectivity index (χ0) is 20.1. The second-order valence-corrected chi connectivity index (χ2v) is 7.96. The monoisotopic (exact) mass is 461 g/mol. The molecule has 8 heteroatoms. The maximum Gasteiger partial charge on any atom is 0.287 e. The quantitative estimate of drug-likeness (QED) is 0.356. The Hall–Kier alpha value is -2.45. The Labute approximate surface area is 175 Å². The zero-order valence-corrected chi connectivity index (χ0v) is 17.9. The van der Waals surface area contributed by atoms with Crippen LogP contribution in [0.25, 0.3) is 11.0 Å². The molecule has 0 aliphatic carbocycles. The molecule has 1 heterocycles. The summed E-state index contributed by atoms with van der Waals surface area (Å²) in [6.07, 6.45) is 0. The van der Waals surface area contributed by atoms with Gasteiger partial charge in [0.05, 0.1) is 0 Å². The van der Waals surface area contributed by atoms with Crippen molar-refractivity contribution in [3.63, 3.8) is 0 Å². The predicted molar refractivity (Wildman–Crippen MR) is 116 cm³/mol. The summed E-state index contributed by atoms with van der Waals surface area (Å²) in [6.45, 7) is 4.01. The van der Waals surface area contributed by atoms with Gasteiger partial charge in [-0.2, -0.15) is 0 Å². The molecule has 0 atom stereocenters. The molecule has 28 heavy (non-hydrogen) atoms. The van der Waals surface area contributed by atoms with E-state index in [0.717, 1.165) is 26.0 Å². The number of benzene rings is 2. The number of halogens is 1. The van der Waals surface area contributed by atoms with Crippen LogP contribution < -0.4 is 15.4 Å². The van der Waals surface area contributed by atoms with Crippen molar-refractivity contribution in [2.75, 3.05) is 17.8 Å². The lowest BCUT2D eigenvalue weighted by Gasteiger charge is -2.05. The minimum atomic E-state index is -0.294. The van der Waals surface area contributed by atoms with Gasteiger partial charge in [-0.25, -0.2) is 0 Å². The molecule has 3 aromatic rings. The van der Waals surface area contributed by atoms with Crippen LogP contribution in [0.4, 0.5) is 5.69 Å². The van der Waals surface area contributed by atoms with Gasteiger partial charge in [-0.15, -0.1) is 0 Å². The number of anilines is 1. The number of rotatable bonds is 7. The molecule has 3 rings (SSSR count). The molecule has 0 saturated heterocycles. The zero-order valence-electron chi connectivity index (χ0n) is 15.5. The van der Waals surface area contributed by atoms with Gasteiger partial charge in [-0.05, 0) is 61.3 Å². The van der Waals surface area contributed by atoms with E-state index in [-0.39, 0.29) is 17.6 Å². The van der Waals surface area contributed by atoms with Gasteiger partial charge >= 0.3 is 0 Å². The fourth-order valence-corrected chi connectivity index (χ4v) is 3.52. The highest BCUT2D eigenvalue weighted by molar-refractivity contribution is 9.10. The van der Waals surface area contributed by atoms with Gasteiger partial charge in [0.25, 0.3) is 5.91 Å². The van der Waals surface area contributed by atoms with E-state index in [1.54, 1.807) is 0 Å². The Morgan fingerprint density at radius 1 is 1.07 bits per heavy atom. The molecule has 0 aliphatic heterocycles. The van der Waals surface area contributed by atoms with Crippen LogP contribution in [0.3, 0.4) is 0 Å². The first-order valence-electron chi connectivity index (χ1n) is 8.68. The molecule has 146 valence electrons. The summed E-state index contributed by atoms with van der Waals surface area (Å²) in [4.78, 5) is 24.3. The third-order valence-electron chi connectivity index (χ3n) is 4.03. The molecule has 0 fully saturated rings. The molecule has 0 bridgehead atoms. The molecule has 3 N–H and O–H groups in total. The third-order valence-corrected chi connectivity index (χ3v) is 5.40. The van der Waals surface area contributed by atoms with Crippen LogP contribution in [0, 0.1) is 6.92 Å². The Bertz CT molecular complexity index is 1000. The summed E-state index contributed by atoms with van der Waals surface area (Å²) in [6, 6.07) is 13.7. The van der Waals surface area contributed by atoms with Gasteiger partial charge in [-0.3, -0.25) is 9.59 Å². The van der Waals surface area contributed by atoms with E-state index in [2.05, 4.69) is 31.3 Å². The first kappa shape index (κ1) is 20.3. The first-order chi connectivity index (χ1) is 13.4. The standard InChI is InChI=1S/C20H20BrN3O3S/c1-12-17-11-15(24-28-16-6-3-14(21)4-7-16)5-8-18(17)27-19(12)20(26)23-10-9-22-13(2)25/h3-8,11,24H,9-10H2,1-2H3,(H,22,25)(H,23,26). The summed E-state index contributed by atoms with van der Waals surface area (Å²) in [5.41, 5.74) is 2.36. The molecular weight excluding hydrogens is 442 g/mol. The summed E-state index contributed by atoms with van der Waals surface area (Å²) in [5.74, 6) is -0.136. The maximum atomic E-state index is 12.4. The number of carbonyl (C=O) groups excluding carboxylic acids is 2. The van der Waals surface area contributed by atoms with Crippen LogP contribution in [0.1, 0.15) is 23.0 Å². The van der Waals surface area contributed by atoms with Gasteiger partial charge in [-0.1, -0.05) is 15.9 Å². The molecule has 6 nitrogen and oxygen atoms in total. The van der Waals surface area contributed by atoms with E-state index in [1.807, 2.05) is 49.4 Å². The Balaban J connectivity index is 1.68. The number of hydrogen-bond donors (Lipinski definition) is 3.